The minimum atomic E-state index is -0.168. The number of nitrogen functional groups attached to an aromatic ring is 1. The maximum absolute atomic E-state index is 12.3. The zero-order chi connectivity index (χ0) is 18.6. The average Bonchev–Trinajstić information content (AvgIpc) is 2.62. The van der Waals surface area contributed by atoms with Gasteiger partial charge in [-0.3, -0.25) is 4.79 Å². The highest BCUT2D eigenvalue weighted by molar-refractivity contribution is 5.93. The van der Waals surface area contributed by atoms with Gasteiger partial charge in [-0.15, -0.1) is 0 Å². The number of nitrogens with zero attached hydrogens (tertiary/aromatic N) is 1. The number of rotatable bonds is 5. The summed E-state index contributed by atoms with van der Waals surface area (Å²) >= 11 is 0. The van der Waals surface area contributed by atoms with Gasteiger partial charge in [-0.2, -0.15) is 0 Å². The summed E-state index contributed by atoms with van der Waals surface area (Å²) in [5.41, 5.74) is 7.27. The third-order valence-electron chi connectivity index (χ3n) is 5.16. The maximum atomic E-state index is 12.3. The molecule has 5 heteroatoms. The summed E-state index contributed by atoms with van der Waals surface area (Å²) in [5, 5.41) is 3.03. The van der Waals surface area contributed by atoms with Crippen molar-refractivity contribution in [2.45, 2.75) is 44.1 Å². The van der Waals surface area contributed by atoms with Crippen LogP contribution < -0.4 is 11.1 Å². The number of nitrogens with two attached hydrogens (primary N) is 1. The zero-order valence-electron chi connectivity index (χ0n) is 15.5. The first kappa shape index (κ1) is 18.4. The molecule has 3 rings (SSSR count). The van der Waals surface area contributed by atoms with Crippen LogP contribution in [0.2, 0.25) is 0 Å². The van der Waals surface area contributed by atoms with E-state index in [1.807, 2.05) is 6.07 Å². The van der Waals surface area contributed by atoms with Crippen LogP contribution in [0.25, 0.3) is 0 Å². The Morgan fingerprint density at radius 1 is 1.23 bits per heavy atom. The molecular formula is C21H27N3O2. The van der Waals surface area contributed by atoms with Gasteiger partial charge >= 0.3 is 0 Å². The van der Waals surface area contributed by atoms with Gasteiger partial charge in [-0.25, -0.2) is 4.98 Å². The second-order valence-corrected chi connectivity index (χ2v) is 7.66. The molecule has 5 nitrogen and oxygen atoms in total. The molecule has 1 atom stereocenters. The summed E-state index contributed by atoms with van der Waals surface area (Å²) in [6.07, 6.45) is 4.27. The largest absolute Gasteiger partial charge is 0.384 e. The van der Waals surface area contributed by atoms with E-state index in [0.717, 1.165) is 25.9 Å². The quantitative estimate of drug-likeness (QED) is 0.864. The number of pyridine rings is 1. The lowest BCUT2D eigenvalue weighted by Gasteiger charge is -2.45. The third kappa shape index (κ3) is 4.22. The molecule has 1 unspecified atom stereocenters. The lowest BCUT2D eigenvalue weighted by atomic mass is 9.67. The molecule has 138 valence electrons. The van der Waals surface area contributed by atoms with Crippen LogP contribution in [0, 0.1) is 0 Å². The predicted molar refractivity (Wildman–Crippen MR) is 103 cm³/mol. The van der Waals surface area contributed by atoms with E-state index in [4.69, 9.17) is 10.5 Å². The number of anilines is 1. The molecule has 2 aromatic rings. The predicted octanol–water partition coefficient (Wildman–Crippen LogP) is 3.31. The normalized spacial score (nSPS) is 21.9. The van der Waals surface area contributed by atoms with Gasteiger partial charge in [0.1, 0.15) is 5.82 Å². The SMILES string of the molecule is CC1(C)CC(CCNC(=O)c2ccc(N)nc2)(c2ccccc2)CCO1. The maximum Gasteiger partial charge on any atom is 0.252 e. The molecule has 26 heavy (non-hydrogen) atoms. The minimum Gasteiger partial charge on any atom is -0.384 e. The Kier molecular flexibility index (Phi) is 5.28. The first-order chi connectivity index (χ1) is 12.4. The van der Waals surface area contributed by atoms with Gasteiger partial charge in [-0.1, -0.05) is 30.3 Å². The molecule has 1 aliphatic rings. The molecule has 0 saturated carbocycles. The number of hydrogen-bond acceptors (Lipinski definition) is 4. The van der Waals surface area contributed by atoms with Crippen molar-refractivity contribution in [1.82, 2.24) is 10.3 Å². The van der Waals surface area contributed by atoms with Crippen molar-refractivity contribution in [2.24, 2.45) is 0 Å². The molecule has 2 heterocycles. The van der Waals surface area contributed by atoms with Crippen molar-refractivity contribution in [1.29, 1.82) is 0 Å². The molecule has 0 bridgehead atoms. The Morgan fingerprint density at radius 3 is 2.65 bits per heavy atom. The van der Waals surface area contributed by atoms with Gasteiger partial charge in [0.2, 0.25) is 0 Å². The van der Waals surface area contributed by atoms with Crippen molar-refractivity contribution in [2.75, 3.05) is 18.9 Å². The molecule has 3 N–H and O–H groups in total. The van der Waals surface area contributed by atoms with E-state index in [2.05, 4.69) is 48.4 Å². The molecule has 1 aromatic carbocycles. The Bertz CT molecular complexity index is 744. The van der Waals surface area contributed by atoms with E-state index in [1.54, 1.807) is 12.1 Å². The number of carbonyl (C=O) groups excluding carboxylic acids is 1. The monoisotopic (exact) mass is 353 g/mol. The number of nitrogens with one attached hydrogen (secondary N) is 1. The smallest absolute Gasteiger partial charge is 0.252 e. The fourth-order valence-electron chi connectivity index (χ4n) is 3.93. The van der Waals surface area contributed by atoms with Gasteiger partial charge in [0.15, 0.2) is 0 Å². The van der Waals surface area contributed by atoms with Crippen molar-refractivity contribution in [3.8, 4) is 0 Å². The van der Waals surface area contributed by atoms with Crippen LogP contribution in [0.3, 0.4) is 0 Å². The average molecular weight is 353 g/mol. The number of ether oxygens (including phenoxy) is 1. The van der Waals surface area contributed by atoms with Gasteiger partial charge < -0.3 is 15.8 Å². The molecule has 1 aromatic heterocycles. The number of benzene rings is 1. The molecule has 1 fully saturated rings. The van der Waals surface area contributed by atoms with Crippen LogP contribution >= 0.6 is 0 Å². The van der Waals surface area contributed by atoms with Gasteiger partial charge in [0.25, 0.3) is 5.91 Å². The van der Waals surface area contributed by atoms with E-state index >= 15 is 0 Å². The minimum absolute atomic E-state index is 0.00958. The molecule has 1 aliphatic heterocycles. The highest BCUT2D eigenvalue weighted by Gasteiger charge is 2.41. The van der Waals surface area contributed by atoms with E-state index in [-0.39, 0.29) is 16.9 Å². The standard InChI is InChI=1S/C21H27N3O2/c1-20(2)15-21(11-13-26-20,17-6-4-3-5-7-17)10-12-23-19(25)16-8-9-18(22)24-14-16/h3-9,14H,10-13,15H2,1-2H3,(H2,22,24)(H,23,25). The second-order valence-electron chi connectivity index (χ2n) is 7.66. The summed E-state index contributed by atoms with van der Waals surface area (Å²) in [7, 11) is 0. The number of carbonyl (C=O) groups is 1. The van der Waals surface area contributed by atoms with Crippen LogP contribution in [0.1, 0.15) is 49.0 Å². The van der Waals surface area contributed by atoms with Crippen molar-refractivity contribution in [3.05, 3.63) is 59.8 Å². The first-order valence-electron chi connectivity index (χ1n) is 9.10. The van der Waals surface area contributed by atoms with Crippen LogP contribution in [-0.4, -0.2) is 29.6 Å². The van der Waals surface area contributed by atoms with Crippen molar-refractivity contribution >= 4 is 11.7 Å². The number of amides is 1. The first-order valence-corrected chi connectivity index (χ1v) is 9.10. The summed E-state index contributed by atoms with van der Waals surface area (Å²) in [4.78, 5) is 16.3. The Morgan fingerprint density at radius 2 is 2.00 bits per heavy atom. The Balaban J connectivity index is 1.71. The number of hydrogen-bond donors (Lipinski definition) is 2. The topological polar surface area (TPSA) is 77.2 Å². The summed E-state index contributed by atoms with van der Waals surface area (Å²) < 4.78 is 5.94. The molecule has 0 spiro atoms. The van der Waals surface area contributed by atoms with Crippen LogP contribution in [0.5, 0.6) is 0 Å². The summed E-state index contributed by atoms with van der Waals surface area (Å²) in [5.74, 6) is 0.293. The summed E-state index contributed by atoms with van der Waals surface area (Å²) in [6.45, 7) is 5.62. The third-order valence-corrected chi connectivity index (χ3v) is 5.16. The van der Waals surface area contributed by atoms with Gasteiger partial charge in [0, 0.05) is 24.8 Å². The van der Waals surface area contributed by atoms with Crippen molar-refractivity contribution in [3.63, 3.8) is 0 Å². The fourth-order valence-corrected chi connectivity index (χ4v) is 3.93. The molecule has 1 amide bonds. The van der Waals surface area contributed by atoms with E-state index in [1.165, 1.54) is 11.8 Å². The number of aromatic nitrogens is 1. The molecule has 0 aliphatic carbocycles. The lowest BCUT2D eigenvalue weighted by Crippen LogP contribution is -2.45. The highest BCUT2D eigenvalue weighted by atomic mass is 16.5. The zero-order valence-corrected chi connectivity index (χ0v) is 15.5. The van der Waals surface area contributed by atoms with Gasteiger partial charge in [-0.05, 0) is 50.8 Å². The lowest BCUT2D eigenvalue weighted by molar-refractivity contribution is -0.0838. The van der Waals surface area contributed by atoms with E-state index < -0.39 is 0 Å². The van der Waals surface area contributed by atoms with E-state index in [0.29, 0.717) is 17.9 Å². The van der Waals surface area contributed by atoms with Crippen LogP contribution in [0.15, 0.2) is 48.7 Å². The fraction of sp³-hybridized carbons (Fsp3) is 0.429. The second kappa shape index (κ2) is 7.46. The van der Waals surface area contributed by atoms with E-state index in [9.17, 15) is 4.79 Å². The Hall–Kier alpha value is -2.40. The van der Waals surface area contributed by atoms with Crippen LogP contribution in [0.4, 0.5) is 5.82 Å². The summed E-state index contributed by atoms with van der Waals surface area (Å²) in [6, 6.07) is 13.9. The molecular weight excluding hydrogens is 326 g/mol. The molecule has 1 saturated heterocycles. The molecule has 0 radical (unpaired) electrons. The van der Waals surface area contributed by atoms with Crippen LogP contribution in [-0.2, 0) is 10.2 Å². The van der Waals surface area contributed by atoms with Crippen molar-refractivity contribution < 1.29 is 9.53 Å². The highest BCUT2D eigenvalue weighted by Crippen LogP contribution is 2.43. The van der Waals surface area contributed by atoms with Gasteiger partial charge in [0.05, 0.1) is 11.2 Å². The Labute approximate surface area is 155 Å².